The first-order chi connectivity index (χ1) is 22.0. The Bertz CT molecular complexity index is 1840. The molecular formula is C37H34N6O2. The van der Waals surface area contributed by atoms with E-state index in [1.54, 1.807) is 19.3 Å². The van der Waals surface area contributed by atoms with Gasteiger partial charge in [0.2, 0.25) is 5.91 Å². The summed E-state index contributed by atoms with van der Waals surface area (Å²) >= 11 is 0. The van der Waals surface area contributed by atoms with Crippen molar-refractivity contribution in [2.24, 2.45) is 7.05 Å². The van der Waals surface area contributed by atoms with Crippen LogP contribution in [0.5, 0.6) is 0 Å². The second kappa shape index (κ2) is 13.3. The molecule has 0 saturated heterocycles. The van der Waals surface area contributed by atoms with Gasteiger partial charge < -0.3 is 10.6 Å². The number of hydrogen-bond acceptors (Lipinski definition) is 4. The number of amides is 2. The predicted molar refractivity (Wildman–Crippen MR) is 176 cm³/mol. The zero-order valence-corrected chi connectivity index (χ0v) is 25.2. The van der Waals surface area contributed by atoms with Gasteiger partial charge in [-0.3, -0.25) is 19.0 Å². The molecule has 2 amide bonds. The van der Waals surface area contributed by atoms with Crippen LogP contribution in [0.2, 0.25) is 0 Å². The average Bonchev–Trinajstić information content (AvgIpc) is 3.67. The van der Waals surface area contributed by atoms with Gasteiger partial charge in [0.1, 0.15) is 11.7 Å². The third-order valence-electron chi connectivity index (χ3n) is 8.02. The molecule has 2 N–H and O–H groups in total. The molecule has 8 nitrogen and oxygen atoms in total. The van der Waals surface area contributed by atoms with Gasteiger partial charge in [-0.15, -0.1) is 0 Å². The van der Waals surface area contributed by atoms with Crippen molar-refractivity contribution < 1.29 is 9.59 Å². The normalized spacial score (nSPS) is 11.7. The fourth-order valence-electron chi connectivity index (χ4n) is 5.61. The Morgan fingerprint density at radius 2 is 1.36 bits per heavy atom. The van der Waals surface area contributed by atoms with Gasteiger partial charge >= 0.3 is 0 Å². The first kappa shape index (κ1) is 29.3. The monoisotopic (exact) mass is 594 g/mol. The largest absolute Gasteiger partial charge is 0.338 e. The van der Waals surface area contributed by atoms with E-state index in [1.165, 1.54) is 10.2 Å². The van der Waals surface area contributed by atoms with Crippen LogP contribution >= 0.6 is 0 Å². The molecule has 2 heterocycles. The number of carbonyl (C=O) groups is 2. The molecule has 0 saturated carbocycles. The topological polar surface area (TPSA) is 93.8 Å². The first-order valence-corrected chi connectivity index (χ1v) is 14.8. The Morgan fingerprint density at radius 3 is 1.93 bits per heavy atom. The highest BCUT2D eigenvalue weighted by Gasteiger charge is 2.33. The van der Waals surface area contributed by atoms with Crippen LogP contribution in [0.4, 0.5) is 5.69 Å². The molecule has 0 aliphatic rings. The van der Waals surface area contributed by atoms with Gasteiger partial charge in [0.05, 0.1) is 12.7 Å². The lowest BCUT2D eigenvalue weighted by Gasteiger charge is -2.28. The number of benzene rings is 4. The zero-order valence-electron chi connectivity index (χ0n) is 25.2. The van der Waals surface area contributed by atoms with Crippen molar-refractivity contribution in [1.82, 2.24) is 24.9 Å². The predicted octanol–water partition coefficient (Wildman–Crippen LogP) is 6.21. The lowest BCUT2D eigenvalue weighted by atomic mass is 9.84. The quantitative estimate of drug-likeness (QED) is 0.197. The van der Waals surface area contributed by atoms with E-state index < -0.39 is 12.0 Å². The number of hydrogen-bond donors (Lipinski definition) is 2. The van der Waals surface area contributed by atoms with Crippen molar-refractivity contribution in [2.45, 2.75) is 25.4 Å². The highest BCUT2D eigenvalue weighted by molar-refractivity contribution is 6.01. The van der Waals surface area contributed by atoms with Gasteiger partial charge in [0, 0.05) is 36.1 Å². The Labute approximate surface area is 262 Å². The van der Waals surface area contributed by atoms with E-state index in [1.807, 2.05) is 114 Å². The van der Waals surface area contributed by atoms with Gasteiger partial charge in [-0.25, -0.2) is 0 Å². The molecule has 45 heavy (non-hydrogen) atoms. The minimum atomic E-state index is -0.921. The van der Waals surface area contributed by atoms with Crippen LogP contribution in [0.3, 0.4) is 0 Å². The molecule has 4 aromatic carbocycles. The van der Waals surface area contributed by atoms with Crippen LogP contribution in [0.15, 0.2) is 134 Å². The summed E-state index contributed by atoms with van der Waals surface area (Å²) in [6.45, 7) is 2.75. The summed E-state index contributed by atoms with van der Waals surface area (Å²) in [6.07, 6.45) is 3.44. The summed E-state index contributed by atoms with van der Waals surface area (Å²) in [7, 11) is 1.70. The third-order valence-corrected chi connectivity index (χ3v) is 8.02. The fourth-order valence-corrected chi connectivity index (χ4v) is 5.61. The van der Waals surface area contributed by atoms with E-state index >= 15 is 0 Å². The van der Waals surface area contributed by atoms with Crippen molar-refractivity contribution in [2.75, 3.05) is 5.32 Å². The number of carbonyl (C=O) groups excluding carboxylic acids is 2. The Morgan fingerprint density at radius 1 is 0.756 bits per heavy atom. The summed E-state index contributed by atoms with van der Waals surface area (Å²) in [6, 6.07) is 38.2. The molecule has 224 valence electrons. The van der Waals surface area contributed by atoms with Gasteiger partial charge in [-0.05, 0) is 47.4 Å². The first-order valence-electron chi connectivity index (χ1n) is 14.8. The van der Waals surface area contributed by atoms with Crippen LogP contribution < -0.4 is 10.6 Å². The molecule has 0 radical (unpaired) electrons. The highest BCUT2D eigenvalue weighted by Crippen LogP contribution is 2.30. The maximum Gasteiger partial charge on any atom is 0.270 e. The number of nitrogens with one attached hydrogen (secondary N) is 2. The molecule has 0 aliphatic carbocycles. The second-order valence-electron chi connectivity index (χ2n) is 10.9. The third kappa shape index (κ3) is 6.60. The maximum atomic E-state index is 14.1. The maximum absolute atomic E-state index is 14.1. The molecule has 6 aromatic rings. The number of rotatable bonds is 10. The van der Waals surface area contributed by atoms with Crippen molar-refractivity contribution >= 4 is 17.5 Å². The lowest BCUT2D eigenvalue weighted by molar-refractivity contribution is -0.118. The van der Waals surface area contributed by atoms with E-state index in [-0.39, 0.29) is 11.8 Å². The van der Waals surface area contributed by atoms with Crippen LogP contribution in [-0.4, -0.2) is 37.4 Å². The fraction of sp³-hybridized carbons (Fsp3) is 0.135. The van der Waals surface area contributed by atoms with Gasteiger partial charge in [-0.1, -0.05) is 103 Å². The minimum Gasteiger partial charge on any atom is -0.338 e. The van der Waals surface area contributed by atoms with Crippen LogP contribution in [0.25, 0.3) is 11.1 Å². The molecule has 6 rings (SSSR count). The summed E-state index contributed by atoms with van der Waals surface area (Å²) < 4.78 is 3.48. The summed E-state index contributed by atoms with van der Waals surface area (Å²) in [5.74, 6) is -1.16. The summed E-state index contributed by atoms with van der Waals surface area (Å²) in [5.41, 5.74) is 7.07. The molecule has 0 bridgehead atoms. The Kier molecular flexibility index (Phi) is 8.64. The van der Waals surface area contributed by atoms with Crippen LogP contribution in [-0.2, 0) is 18.4 Å². The SMILES string of the molecule is Cc1c(-c2ccc(NC(=O)C(NC(=O)c3ccnn3C)C(c3ccccc3)c3ccccc3)cc2)cnn1Cc1ccccc1. The second-order valence-corrected chi connectivity index (χ2v) is 10.9. The number of nitrogens with zero attached hydrogens (tertiary/aromatic N) is 4. The highest BCUT2D eigenvalue weighted by atomic mass is 16.2. The molecule has 0 spiro atoms. The molecule has 1 atom stereocenters. The standard InChI is InChI=1S/C37H34N6O2/c1-26-32(24-39-43(26)25-27-12-6-3-7-13-27)28-18-20-31(21-19-28)40-37(45)35(41-36(44)33-22-23-38-42(33)2)34(29-14-8-4-9-15-29)30-16-10-5-11-17-30/h3-24,34-35H,25H2,1-2H3,(H,40,45)(H,41,44). The number of anilines is 1. The van der Waals surface area contributed by atoms with Crippen LogP contribution in [0.1, 0.15) is 38.8 Å². The summed E-state index contributed by atoms with van der Waals surface area (Å²) in [4.78, 5) is 27.6. The lowest BCUT2D eigenvalue weighted by Crippen LogP contribution is -2.48. The molecule has 2 aromatic heterocycles. The van der Waals surface area contributed by atoms with E-state index in [2.05, 4.69) is 39.9 Å². The minimum absolute atomic E-state index is 0.331. The van der Waals surface area contributed by atoms with E-state index in [0.717, 1.165) is 27.9 Å². The smallest absolute Gasteiger partial charge is 0.270 e. The molecule has 0 aliphatic heterocycles. The zero-order chi connectivity index (χ0) is 31.2. The Balaban J connectivity index is 1.27. The van der Waals surface area contributed by atoms with Crippen molar-refractivity contribution in [3.05, 3.63) is 162 Å². The van der Waals surface area contributed by atoms with Crippen molar-refractivity contribution in [1.29, 1.82) is 0 Å². The van der Waals surface area contributed by atoms with Crippen LogP contribution in [0, 0.1) is 6.92 Å². The molecular weight excluding hydrogens is 560 g/mol. The van der Waals surface area contributed by atoms with E-state index in [4.69, 9.17) is 0 Å². The average molecular weight is 595 g/mol. The number of aryl methyl sites for hydroxylation is 1. The van der Waals surface area contributed by atoms with Crippen molar-refractivity contribution in [3.63, 3.8) is 0 Å². The molecule has 1 unspecified atom stereocenters. The molecule has 0 fully saturated rings. The van der Waals surface area contributed by atoms with Gasteiger partial charge in [0.15, 0.2) is 0 Å². The van der Waals surface area contributed by atoms with E-state index in [0.29, 0.717) is 17.9 Å². The van der Waals surface area contributed by atoms with Gasteiger partial charge in [-0.2, -0.15) is 10.2 Å². The van der Waals surface area contributed by atoms with Gasteiger partial charge in [0.25, 0.3) is 5.91 Å². The van der Waals surface area contributed by atoms with E-state index in [9.17, 15) is 9.59 Å². The number of aromatic nitrogens is 4. The van der Waals surface area contributed by atoms with Crippen molar-refractivity contribution in [3.8, 4) is 11.1 Å². The Hall–Kier alpha value is -5.76. The summed E-state index contributed by atoms with van der Waals surface area (Å²) in [5, 5.41) is 14.8. The molecule has 8 heteroatoms.